The van der Waals surface area contributed by atoms with Crippen LogP contribution in [0.5, 0.6) is 5.75 Å². The van der Waals surface area contributed by atoms with Crippen molar-refractivity contribution in [1.82, 2.24) is 28.7 Å². The normalized spacial score (nSPS) is 15.1. The lowest BCUT2D eigenvalue weighted by atomic mass is 10.2. The number of H-pyrrole nitrogens is 1. The fourth-order valence-electron chi connectivity index (χ4n) is 5.06. The van der Waals surface area contributed by atoms with Gasteiger partial charge in [-0.05, 0) is 42.3 Å². The van der Waals surface area contributed by atoms with Gasteiger partial charge in [0.1, 0.15) is 12.1 Å². The highest BCUT2D eigenvalue weighted by atomic mass is 32.2. The van der Waals surface area contributed by atoms with Crippen LogP contribution in [-0.2, 0) is 16.6 Å². The summed E-state index contributed by atoms with van der Waals surface area (Å²) < 4.78 is 36.9. The van der Waals surface area contributed by atoms with Crippen molar-refractivity contribution < 1.29 is 13.2 Å². The number of benzene rings is 3. The number of imidazole rings is 1. The van der Waals surface area contributed by atoms with Gasteiger partial charge < -0.3 is 9.72 Å². The van der Waals surface area contributed by atoms with E-state index in [0.29, 0.717) is 66.2 Å². The number of piperazine rings is 1. The van der Waals surface area contributed by atoms with Crippen LogP contribution in [0.2, 0.25) is 0 Å². The van der Waals surface area contributed by atoms with Gasteiger partial charge in [0.05, 0.1) is 45.5 Å². The van der Waals surface area contributed by atoms with Gasteiger partial charge in [0.15, 0.2) is 0 Å². The molecule has 40 heavy (non-hydrogen) atoms. The highest BCUT2D eigenvalue weighted by Crippen LogP contribution is 2.32. The number of nitrogens with zero attached hydrogens (tertiary/aromatic N) is 5. The van der Waals surface area contributed by atoms with Crippen LogP contribution in [0.15, 0.2) is 83.0 Å². The summed E-state index contributed by atoms with van der Waals surface area (Å²) in [5.41, 5.74) is 3.31. The van der Waals surface area contributed by atoms with E-state index < -0.39 is 10.0 Å². The molecule has 11 heteroatoms. The average molecular weight is 559 g/mol. The third-order valence-electron chi connectivity index (χ3n) is 7.18. The van der Waals surface area contributed by atoms with Gasteiger partial charge in [0.2, 0.25) is 10.0 Å². The van der Waals surface area contributed by atoms with Crippen LogP contribution in [0, 0.1) is 0 Å². The molecule has 0 radical (unpaired) electrons. The SMILES string of the molecule is CCCOc1ccc(S(=O)(=O)N2CCN(Cc3ccccc3)CC2)cc1-n1cnc2cc3nc[nH]c(=O)c3cc21. The molecule has 1 N–H and O–H groups in total. The van der Waals surface area contributed by atoms with Crippen LogP contribution in [0.4, 0.5) is 0 Å². The van der Waals surface area contributed by atoms with Crippen LogP contribution in [0.1, 0.15) is 18.9 Å². The van der Waals surface area contributed by atoms with Crippen molar-refractivity contribution in [1.29, 1.82) is 0 Å². The van der Waals surface area contributed by atoms with Gasteiger partial charge in [-0.25, -0.2) is 18.4 Å². The van der Waals surface area contributed by atoms with Crippen LogP contribution < -0.4 is 10.3 Å². The molecular formula is C29H30N6O4S. The summed E-state index contributed by atoms with van der Waals surface area (Å²) in [5.74, 6) is 0.535. The number of aromatic amines is 1. The topological polar surface area (TPSA) is 113 Å². The molecular weight excluding hydrogens is 528 g/mol. The third kappa shape index (κ3) is 4.99. The minimum absolute atomic E-state index is 0.185. The maximum Gasteiger partial charge on any atom is 0.258 e. The zero-order chi connectivity index (χ0) is 27.7. The first kappa shape index (κ1) is 26.2. The number of hydrogen-bond acceptors (Lipinski definition) is 7. The summed E-state index contributed by atoms with van der Waals surface area (Å²) in [7, 11) is -3.75. The Morgan fingerprint density at radius 2 is 1.75 bits per heavy atom. The number of aromatic nitrogens is 4. The molecule has 6 rings (SSSR count). The van der Waals surface area contributed by atoms with Crippen molar-refractivity contribution >= 4 is 32.0 Å². The van der Waals surface area contributed by atoms with Crippen molar-refractivity contribution in [2.24, 2.45) is 0 Å². The molecule has 1 aliphatic heterocycles. The lowest BCUT2D eigenvalue weighted by molar-refractivity contribution is 0.181. The van der Waals surface area contributed by atoms with Crippen molar-refractivity contribution in [2.45, 2.75) is 24.8 Å². The second-order valence-corrected chi connectivity index (χ2v) is 11.8. The Kier molecular flexibility index (Phi) is 7.09. The molecule has 10 nitrogen and oxygen atoms in total. The van der Waals surface area contributed by atoms with Crippen LogP contribution in [0.25, 0.3) is 27.6 Å². The van der Waals surface area contributed by atoms with E-state index in [4.69, 9.17) is 4.74 Å². The molecule has 0 spiro atoms. The molecule has 0 aliphatic carbocycles. The molecule has 0 atom stereocenters. The Morgan fingerprint density at radius 3 is 2.52 bits per heavy atom. The van der Waals surface area contributed by atoms with Gasteiger partial charge in [-0.1, -0.05) is 37.3 Å². The molecule has 206 valence electrons. The zero-order valence-electron chi connectivity index (χ0n) is 22.2. The van der Waals surface area contributed by atoms with E-state index in [2.05, 4.69) is 32.0 Å². The Bertz CT molecular complexity index is 1830. The first-order valence-corrected chi connectivity index (χ1v) is 14.8. The van der Waals surface area contributed by atoms with Gasteiger partial charge in [-0.3, -0.25) is 14.3 Å². The molecule has 1 fully saturated rings. The monoisotopic (exact) mass is 558 g/mol. The molecule has 0 bridgehead atoms. The average Bonchev–Trinajstić information content (AvgIpc) is 3.39. The summed E-state index contributed by atoms with van der Waals surface area (Å²) in [6, 6.07) is 18.6. The van der Waals surface area contributed by atoms with Gasteiger partial charge >= 0.3 is 0 Å². The summed E-state index contributed by atoms with van der Waals surface area (Å²) in [4.78, 5) is 26.3. The van der Waals surface area contributed by atoms with E-state index in [9.17, 15) is 13.2 Å². The Labute approximate surface area is 231 Å². The predicted octanol–water partition coefficient (Wildman–Crippen LogP) is 3.56. The first-order chi connectivity index (χ1) is 19.4. The minimum Gasteiger partial charge on any atom is -0.491 e. The van der Waals surface area contributed by atoms with Crippen molar-refractivity contribution in [3.05, 3.63) is 89.2 Å². The van der Waals surface area contributed by atoms with E-state index in [1.807, 2.05) is 25.1 Å². The predicted molar refractivity (Wildman–Crippen MR) is 153 cm³/mol. The van der Waals surface area contributed by atoms with Crippen molar-refractivity contribution in [3.8, 4) is 11.4 Å². The van der Waals surface area contributed by atoms with E-state index >= 15 is 0 Å². The largest absolute Gasteiger partial charge is 0.491 e. The molecule has 3 heterocycles. The summed E-state index contributed by atoms with van der Waals surface area (Å²) >= 11 is 0. The number of nitrogens with one attached hydrogen (secondary N) is 1. The Hall–Kier alpha value is -4.06. The molecule has 1 aliphatic rings. The quantitative estimate of drug-likeness (QED) is 0.310. The number of sulfonamides is 1. The van der Waals surface area contributed by atoms with Crippen LogP contribution in [-0.4, -0.2) is 69.9 Å². The van der Waals surface area contributed by atoms with Crippen LogP contribution >= 0.6 is 0 Å². The van der Waals surface area contributed by atoms with E-state index in [0.717, 1.165) is 13.0 Å². The van der Waals surface area contributed by atoms with Gasteiger partial charge in [0.25, 0.3) is 5.56 Å². The van der Waals surface area contributed by atoms with Gasteiger partial charge in [-0.15, -0.1) is 0 Å². The second-order valence-electron chi connectivity index (χ2n) is 9.85. The molecule has 3 aromatic carbocycles. The standard InChI is InChI=1S/C29H30N6O4S/c1-2-14-39-28-9-8-22(40(37,38)34-12-10-33(11-13-34)18-21-6-4-3-5-7-21)15-27(28)35-20-32-25-17-24-23(16-26(25)35)29(36)31-19-30-24/h3-9,15-17,19-20H,2,10-14,18H2,1H3,(H,30,31,36). The van der Waals surface area contributed by atoms with Gasteiger partial charge in [-0.2, -0.15) is 4.31 Å². The Balaban J connectivity index is 1.33. The summed E-state index contributed by atoms with van der Waals surface area (Å²) in [6.45, 7) is 5.41. The summed E-state index contributed by atoms with van der Waals surface area (Å²) in [6.07, 6.45) is 3.77. The maximum absolute atomic E-state index is 13.8. The lowest BCUT2D eigenvalue weighted by Gasteiger charge is -2.34. The maximum atomic E-state index is 13.8. The second kappa shape index (κ2) is 10.8. The number of hydrogen-bond donors (Lipinski definition) is 1. The first-order valence-electron chi connectivity index (χ1n) is 13.3. The summed E-state index contributed by atoms with van der Waals surface area (Å²) in [5, 5.41) is 0.421. The molecule has 0 amide bonds. The number of ether oxygens (including phenoxy) is 1. The van der Waals surface area contributed by atoms with E-state index in [1.54, 1.807) is 45.5 Å². The number of rotatable bonds is 8. The van der Waals surface area contributed by atoms with Gasteiger partial charge in [0, 0.05) is 32.7 Å². The smallest absolute Gasteiger partial charge is 0.258 e. The molecule has 2 aromatic heterocycles. The van der Waals surface area contributed by atoms with Crippen LogP contribution in [0.3, 0.4) is 0 Å². The molecule has 1 saturated heterocycles. The van der Waals surface area contributed by atoms with Crippen molar-refractivity contribution in [3.63, 3.8) is 0 Å². The Morgan fingerprint density at radius 1 is 0.950 bits per heavy atom. The highest BCUT2D eigenvalue weighted by molar-refractivity contribution is 7.89. The van der Waals surface area contributed by atoms with E-state index in [1.165, 1.54) is 11.9 Å². The fourth-order valence-corrected chi connectivity index (χ4v) is 6.50. The van der Waals surface area contributed by atoms with Crippen molar-refractivity contribution in [2.75, 3.05) is 32.8 Å². The molecule has 5 aromatic rings. The fraction of sp³-hybridized carbons (Fsp3) is 0.276. The number of fused-ring (bicyclic) bond motifs is 2. The lowest BCUT2D eigenvalue weighted by Crippen LogP contribution is -2.48. The third-order valence-corrected chi connectivity index (χ3v) is 9.07. The minimum atomic E-state index is -3.75. The molecule has 0 saturated carbocycles. The molecule has 0 unspecified atom stereocenters. The van der Waals surface area contributed by atoms with E-state index in [-0.39, 0.29) is 10.5 Å². The highest BCUT2D eigenvalue weighted by Gasteiger charge is 2.29. The zero-order valence-corrected chi connectivity index (χ0v) is 23.0.